The molecule has 0 aliphatic carbocycles. The number of ketones is 1. The molecular weight excluding hydrogens is 226 g/mol. The van der Waals surface area contributed by atoms with Gasteiger partial charge in [-0.3, -0.25) is 9.48 Å². The number of nitrogens with zero attached hydrogens (tertiary/aromatic N) is 2. The normalized spacial score (nSPS) is 12.9. The van der Waals surface area contributed by atoms with E-state index in [1.54, 1.807) is 0 Å². The number of Topliss-reactive ketones (excluding diaryl/α,β-unsaturated/α-hetero) is 1. The summed E-state index contributed by atoms with van der Waals surface area (Å²) in [6.45, 7) is 7.01. The molecule has 0 bridgehead atoms. The Hall–Kier alpha value is -1.16. The third-order valence-corrected chi connectivity index (χ3v) is 3.40. The van der Waals surface area contributed by atoms with Crippen LogP contribution in [0.1, 0.15) is 45.3 Å². The first-order valence-corrected chi connectivity index (χ1v) is 6.83. The van der Waals surface area contributed by atoms with Crippen LogP contribution in [0.3, 0.4) is 0 Å². The van der Waals surface area contributed by atoms with Gasteiger partial charge in [0.2, 0.25) is 0 Å². The lowest BCUT2D eigenvalue weighted by molar-refractivity contribution is -0.121. The van der Waals surface area contributed by atoms with E-state index in [-0.39, 0.29) is 11.7 Å². The highest BCUT2D eigenvalue weighted by molar-refractivity contribution is 5.82. The summed E-state index contributed by atoms with van der Waals surface area (Å²) >= 11 is 0. The Morgan fingerprint density at radius 1 is 1.44 bits per heavy atom. The average Bonchev–Trinajstić information content (AvgIpc) is 2.79. The summed E-state index contributed by atoms with van der Waals surface area (Å²) in [6, 6.07) is 2.41. The van der Waals surface area contributed by atoms with E-state index in [2.05, 4.69) is 24.3 Å². The van der Waals surface area contributed by atoms with Crippen LogP contribution in [0, 0.1) is 5.92 Å². The third kappa shape index (κ3) is 3.95. The molecule has 0 aromatic carbocycles. The number of carbonyl (C=O) groups is 1. The molecule has 0 amide bonds. The maximum absolute atomic E-state index is 11.9. The Labute approximate surface area is 110 Å². The second-order valence-corrected chi connectivity index (χ2v) is 4.86. The minimum absolute atomic E-state index is 0.0493. The van der Waals surface area contributed by atoms with Crippen LogP contribution in [-0.4, -0.2) is 29.2 Å². The first kappa shape index (κ1) is 14.9. The fourth-order valence-electron chi connectivity index (χ4n) is 2.11. The number of aromatic nitrogens is 2. The van der Waals surface area contributed by atoms with Crippen LogP contribution in [0.4, 0.5) is 0 Å². The number of hydrogen-bond acceptors (Lipinski definition) is 3. The molecule has 0 saturated heterocycles. The Kier molecular flexibility index (Phi) is 6.05. The molecule has 1 N–H and O–H groups in total. The van der Waals surface area contributed by atoms with Crippen molar-refractivity contribution < 1.29 is 4.79 Å². The second kappa shape index (κ2) is 7.31. The predicted octanol–water partition coefficient (Wildman–Crippen LogP) is 2.21. The molecule has 0 radical (unpaired) electrons. The number of hydrogen-bond donors (Lipinski definition) is 1. The van der Waals surface area contributed by atoms with Crippen LogP contribution in [0.15, 0.2) is 12.3 Å². The van der Waals surface area contributed by atoms with E-state index in [1.807, 2.05) is 30.9 Å². The van der Waals surface area contributed by atoms with Gasteiger partial charge in [-0.25, -0.2) is 0 Å². The van der Waals surface area contributed by atoms with Gasteiger partial charge in [0.1, 0.15) is 5.78 Å². The Bertz CT molecular complexity index is 369. The van der Waals surface area contributed by atoms with Crippen molar-refractivity contribution in [2.24, 2.45) is 5.92 Å². The summed E-state index contributed by atoms with van der Waals surface area (Å²) in [5, 5.41) is 7.54. The highest BCUT2D eigenvalue weighted by atomic mass is 16.1. The van der Waals surface area contributed by atoms with Gasteiger partial charge in [-0.2, -0.15) is 5.10 Å². The smallest absolute Gasteiger partial charge is 0.142 e. The molecule has 0 aliphatic rings. The van der Waals surface area contributed by atoms with E-state index in [9.17, 15) is 4.79 Å². The summed E-state index contributed by atoms with van der Waals surface area (Å²) in [6.07, 6.45) is 4.57. The quantitative estimate of drug-likeness (QED) is 0.770. The van der Waals surface area contributed by atoms with Crippen molar-refractivity contribution in [3.63, 3.8) is 0 Å². The maximum Gasteiger partial charge on any atom is 0.142 e. The molecule has 1 atom stereocenters. The summed E-state index contributed by atoms with van der Waals surface area (Å²) in [4.78, 5) is 11.9. The summed E-state index contributed by atoms with van der Waals surface area (Å²) in [5.74, 6) is 0.299. The van der Waals surface area contributed by atoms with Gasteiger partial charge < -0.3 is 5.32 Å². The second-order valence-electron chi connectivity index (χ2n) is 4.86. The first-order valence-electron chi connectivity index (χ1n) is 6.83. The van der Waals surface area contributed by atoms with Gasteiger partial charge >= 0.3 is 0 Å². The predicted molar refractivity (Wildman–Crippen MR) is 73.6 cm³/mol. The number of rotatable bonds is 8. The maximum atomic E-state index is 11.9. The molecule has 0 fully saturated rings. The zero-order chi connectivity index (χ0) is 13.5. The van der Waals surface area contributed by atoms with Gasteiger partial charge in [0, 0.05) is 18.7 Å². The summed E-state index contributed by atoms with van der Waals surface area (Å²) in [7, 11) is 1.87. The lowest BCUT2D eigenvalue weighted by Crippen LogP contribution is -2.25. The van der Waals surface area contributed by atoms with Crippen molar-refractivity contribution >= 4 is 5.78 Å². The number of carbonyl (C=O) groups excluding carboxylic acids is 1. The molecule has 0 spiro atoms. The molecule has 4 heteroatoms. The number of nitrogens with one attached hydrogen (secondary N) is 1. The van der Waals surface area contributed by atoms with Gasteiger partial charge in [0.15, 0.2) is 0 Å². The van der Waals surface area contributed by atoms with Crippen molar-refractivity contribution in [3.05, 3.63) is 18.0 Å². The monoisotopic (exact) mass is 251 g/mol. The molecule has 4 nitrogen and oxygen atoms in total. The van der Waals surface area contributed by atoms with Crippen molar-refractivity contribution in [1.82, 2.24) is 15.1 Å². The third-order valence-electron chi connectivity index (χ3n) is 3.40. The lowest BCUT2D eigenvalue weighted by Gasteiger charge is -2.12. The molecule has 18 heavy (non-hydrogen) atoms. The van der Waals surface area contributed by atoms with Crippen molar-refractivity contribution in [2.45, 2.75) is 46.1 Å². The highest BCUT2D eigenvalue weighted by Gasteiger charge is 2.15. The van der Waals surface area contributed by atoms with Crippen molar-refractivity contribution in [1.29, 1.82) is 0 Å². The van der Waals surface area contributed by atoms with Crippen LogP contribution in [0.25, 0.3) is 0 Å². The van der Waals surface area contributed by atoms with Gasteiger partial charge in [0.25, 0.3) is 0 Å². The molecule has 1 aromatic heterocycles. The molecule has 1 rings (SSSR count). The van der Waals surface area contributed by atoms with Gasteiger partial charge in [-0.1, -0.05) is 20.8 Å². The first-order chi connectivity index (χ1) is 8.62. The van der Waals surface area contributed by atoms with E-state index in [0.717, 1.165) is 25.1 Å². The standard InChI is InChI=1S/C14H25N3O/c1-5-13(6-2)17-8-7-12(16-17)9-14(18)11(3)10-15-4/h7-8,11,13,15H,5-6,9-10H2,1-4H3. The van der Waals surface area contributed by atoms with E-state index in [4.69, 9.17) is 0 Å². The topological polar surface area (TPSA) is 46.9 Å². The van der Waals surface area contributed by atoms with E-state index < -0.39 is 0 Å². The Balaban J connectivity index is 2.61. The lowest BCUT2D eigenvalue weighted by atomic mass is 10.0. The minimum atomic E-state index is 0.0493. The largest absolute Gasteiger partial charge is 0.319 e. The van der Waals surface area contributed by atoms with Crippen LogP contribution < -0.4 is 5.32 Å². The Morgan fingerprint density at radius 3 is 2.67 bits per heavy atom. The molecule has 102 valence electrons. The minimum Gasteiger partial charge on any atom is -0.319 e. The van der Waals surface area contributed by atoms with Crippen LogP contribution in [0.5, 0.6) is 0 Å². The van der Waals surface area contributed by atoms with Gasteiger partial charge in [-0.15, -0.1) is 0 Å². The molecule has 1 aromatic rings. The van der Waals surface area contributed by atoms with Crippen LogP contribution in [-0.2, 0) is 11.2 Å². The van der Waals surface area contributed by atoms with Crippen molar-refractivity contribution in [3.8, 4) is 0 Å². The fraction of sp³-hybridized carbons (Fsp3) is 0.714. The fourth-order valence-corrected chi connectivity index (χ4v) is 2.11. The molecule has 1 heterocycles. The summed E-state index contributed by atoms with van der Waals surface area (Å²) in [5.41, 5.74) is 0.884. The highest BCUT2D eigenvalue weighted by Crippen LogP contribution is 2.15. The average molecular weight is 251 g/mol. The molecule has 0 saturated carbocycles. The molecule has 0 aliphatic heterocycles. The van der Waals surface area contributed by atoms with Crippen LogP contribution >= 0.6 is 0 Å². The van der Waals surface area contributed by atoms with Crippen molar-refractivity contribution in [2.75, 3.05) is 13.6 Å². The molecular formula is C14H25N3O. The van der Waals surface area contributed by atoms with E-state index in [1.165, 1.54) is 0 Å². The zero-order valence-electron chi connectivity index (χ0n) is 11.9. The van der Waals surface area contributed by atoms with Gasteiger partial charge in [0.05, 0.1) is 18.2 Å². The summed E-state index contributed by atoms with van der Waals surface area (Å²) < 4.78 is 1.99. The van der Waals surface area contributed by atoms with Gasteiger partial charge in [-0.05, 0) is 26.0 Å². The zero-order valence-corrected chi connectivity index (χ0v) is 11.9. The Morgan fingerprint density at radius 2 is 2.11 bits per heavy atom. The SMILES string of the molecule is CCC(CC)n1ccc(CC(=O)C(C)CNC)n1. The van der Waals surface area contributed by atoms with E-state index in [0.29, 0.717) is 12.5 Å². The van der Waals surface area contributed by atoms with E-state index >= 15 is 0 Å². The van der Waals surface area contributed by atoms with Crippen LogP contribution in [0.2, 0.25) is 0 Å². The molecule has 1 unspecified atom stereocenters.